The van der Waals surface area contributed by atoms with E-state index in [4.69, 9.17) is 0 Å². The molecule has 0 atom stereocenters. The Kier molecular flexibility index (Phi) is 3.34. The summed E-state index contributed by atoms with van der Waals surface area (Å²) in [6.45, 7) is 4.17. The van der Waals surface area contributed by atoms with Gasteiger partial charge in [-0.25, -0.2) is 4.68 Å². The zero-order valence-corrected chi connectivity index (χ0v) is 11.6. The largest absolute Gasteiger partial charge is 0.366 e. The lowest BCUT2D eigenvalue weighted by Crippen LogP contribution is -2.43. The Morgan fingerprint density at radius 3 is 2.72 bits per heavy atom. The highest BCUT2D eigenvalue weighted by Crippen LogP contribution is 2.22. The predicted octanol–water partition coefficient (Wildman–Crippen LogP) is 2.04. The van der Waals surface area contributed by atoms with Crippen LogP contribution in [0.3, 0.4) is 0 Å². The molecule has 0 unspecified atom stereocenters. The number of piperazine rings is 1. The standard InChI is InChI=1S/C13H15BrN4/c14-12-3-1-2-4-13(12)18-10-11(9-16-18)17-7-5-15-6-8-17/h1-4,9-10,15H,5-8H2. The molecule has 0 radical (unpaired) electrons. The molecule has 0 saturated carbocycles. The van der Waals surface area contributed by atoms with E-state index < -0.39 is 0 Å². The Morgan fingerprint density at radius 2 is 1.94 bits per heavy atom. The van der Waals surface area contributed by atoms with Crippen molar-refractivity contribution >= 4 is 21.6 Å². The molecule has 5 heteroatoms. The molecule has 3 rings (SSSR count). The van der Waals surface area contributed by atoms with Crippen LogP contribution in [-0.2, 0) is 0 Å². The van der Waals surface area contributed by atoms with Gasteiger partial charge in [0.05, 0.1) is 23.8 Å². The molecular weight excluding hydrogens is 292 g/mol. The van der Waals surface area contributed by atoms with Gasteiger partial charge in [0.25, 0.3) is 0 Å². The van der Waals surface area contributed by atoms with E-state index in [1.54, 1.807) is 0 Å². The maximum atomic E-state index is 4.45. The number of halogens is 1. The van der Waals surface area contributed by atoms with Gasteiger partial charge in [-0.1, -0.05) is 12.1 Å². The van der Waals surface area contributed by atoms with Gasteiger partial charge in [-0.05, 0) is 28.1 Å². The van der Waals surface area contributed by atoms with E-state index in [1.165, 1.54) is 5.69 Å². The zero-order chi connectivity index (χ0) is 12.4. The summed E-state index contributed by atoms with van der Waals surface area (Å²) in [6.07, 6.45) is 4.02. The van der Waals surface area contributed by atoms with E-state index in [0.29, 0.717) is 0 Å². The first-order valence-electron chi connectivity index (χ1n) is 6.10. The number of anilines is 1. The highest BCUT2D eigenvalue weighted by Gasteiger charge is 2.13. The highest BCUT2D eigenvalue weighted by molar-refractivity contribution is 9.10. The number of rotatable bonds is 2. The highest BCUT2D eigenvalue weighted by atomic mass is 79.9. The molecule has 2 heterocycles. The second-order valence-electron chi connectivity index (χ2n) is 4.33. The van der Waals surface area contributed by atoms with Crippen LogP contribution < -0.4 is 10.2 Å². The molecule has 0 amide bonds. The third-order valence-corrected chi connectivity index (χ3v) is 3.82. The van der Waals surface area contributed by atoms with Gasteiger partial charge in [-0.2, -0.15) is 5.10 Å². The fraction of sp³-hybridized carbons (Fsp3) is 0.308. The van der Waals surface area contributed by atoms with Crippen molar-refractivity contribution < 1.29 is 0 Å². The van der Waals surface area contributed by atoms with Gasteiger partial charge < -0.3 is 10.2 Å². The number of hydrogen-bond acceptors (Lipinski definition) is 3. The van der Waals surface area contributed by atoms with Crippen LogP contribution in [0.1, 0.15) is 0 Å². The number of nitrogens with one attached hydrogen (secondary N) is 1. The normalized spacial score (nSPS) is 15.9. The number of benzene rings is 1. The summed E-state index contributed by atoms with van der Waals surface area (Å²) in [5, 5.41) is 7.80. The van der Waals surface area contributed by atoms with Crippen molar-refractivity contribution in [3.05, 3.63) is 41.1 Å². The first-order valence-corrected chi connectivity index (χ1v) is 6.89. The molecule has 1 saturated heterocycles. The van der Waals surface area contributed by atoms with Crippen molar-refractivity contribution in [2.24, 2.45) is 0 Å². The number of nitrogens with zero attached hydrogens (tertiary/aromatic N) is 3. The lowest BCUT2D eigenvalue weighted by atomic mass is 10.3. The topological polar surface area (TPSA) is 33.1 Å². The first-order chi connectivity index (χ1) is 8.84. The summed E-state index contributed by atoms with van der Waals surface area (Å²) in [5.41, 5.74) is 2.26. The third kappa shape index (κ3) is 2.28. The molecule has 1 aliphatic rings. The minimum atomic E-state index is 1.04. The van der Waals surface area contributed by atoms with E-state index >= 15 is 0 Å². The molecule has 2 aromatic rings. The van der Waals surface area contributed by atoms with Gasteiger partial charge in [-0.3, -0.25) is 0 Å². The number of hydrogen-bond donors (Lipinski definition) is 1. The lowest BCUT2D eigenvalue weighted by Gasteiger charge is -2.27. The van der Waals surface area contributed by atoms with Crippen molar-refractivity contribution in [3.63, 3.8) is 0 Å². The Bertz CT molecular complexity index is 531. The van der Waals surface area contributed by atoms with E-state index in [2.05, 4.69) is 43.5 Å². The summed E-state index contributed by atoms with van der Waals surface area (Å²) < 4.78 is 2.97. The van der Waals surface area contributed by atoms with E-state index in [0.717, 1.165) is 36.3 Å². The molecule has 1 aliphatic heterocycles. The minimum absolute atomic E-state index is 1.04. The fourth-order valence-electron chi connectivity index (χ4n) is 2.17. The lowest BCUT2D eigenvalue weighted by molar-refractivity contribution is 0.589. The molecule has 0 spiro atoms. The molecule has 1 aromatic heterocycles. The SMILES string of the molecule is Brc1ccccc1-n1cc(N2CCNCC2)cn1. The molecule has 1 N–H and O–H groups in total. The summed E-state index contributed by atoms with van der Waals surface area (Å²) in [7, 11) is 0. The zero-order valence-electron chi connectivity index (χ0n) is 10.0. The average molecular weight is 307 g/mol. The van der Waals surface area contributed by atoms with Crippen LogP contribution in [0.4, 0.5) is 5.69 Å². The van der Waals surface area contributed by atoms with Gasteiger partial charge in [0.2, 0.25) is 0 Å². The maximum absolute atomic E-state index is 4.45. The summed E-state index contributed by atoms with van der Waals surface area (Å²) in [6, 6.07) is 8.11. The summed E-state index contributed by atoms with van der Waals surface area (Å²) in [4.78, 5) is 2.36. The average Bonchev–Trinajstić information content (AvgIpc) is 2.90. The smallest absolute Gasteiger partial charge is 0.0788 e. The van der Waals surface area contributed by atoms with Crippen LogP contribution >= 0.6 is 15.9 Å². The number of para-hydroxylation sites is 1. The molecular formula is C13H15BrN4. The second kappa shape index (κ2) is 5.12. The van der Waals surface area contributed by atoms with E-state index in [9.17, 15) is 0 Å². The Hall–Kier alpha value is -1.33. The van der Waals surface area contributed by atoms with E-state index in [1.807, 2.05) is 29.1 Å². The minimum Gasteiger partial charge on any atom is -0.366 e. The second-order valence-corrected chi connectivity index (χ2v) is 5.19. The fourth-order valence-corrected chi connectivity index (χ4v) is 2.64. The third-order valence-electron chi connectivity index (χ3n) is 3.15. The van der Waals surface area contributed by atoms with Crippen molar-refractivity contribution in [1.82, 2.24) is 15.1 Å². The van der Waals surface area contributed by atoms with Crippen molar-refractivity contribution in [1.29, 1.82) is 0 Å². The van der Waals surface area contributed by atoms with Crippen LogP contribution in [0, 0.1) is 0 Å². The molecule has 94 valence electrons. The molecule has 0 bridgehead atoms. The number of aromatic nitrogens is 2. The predicted molar refractivity (Wildman–Crippen MR) is 76.3 cm³/mol. The Morgan fingerprint density at radius 1 is 1.17 bits per heavy atom. The van der Waals surface area contributed by atoms with Crippen LogP contribution in [0.2, 0.25) is 0 Å². The van der Waals surface area contributed by atoms with Crippen LogP contribution in [0.5, 0.6) is 0 Å². The van der Waals surface area contributed by atoms with Gasteiger partial charge in [-0.15, -0.1) is 0 Å². The van der Waals surface area contributed by atoms with Crippen LogP contribution in [0.15, 0.2) is 41.1 Å². The van der Waals surface area contributed by atoms with Crippen LogP contribution in [0.25, 0.3) is 5.69 Å². The Balaban J connectivity index is 1.87. The van der Waals surface area contributed by atoms with Crippen molar-refractivity contribution in [2.45, 2.75) is 0 Å². The molecule has 18 heavy (non-hydrogen) atoms. The van der Waals surface area contributed by atoms with E-state index in [-0.39, 0.29) is 0 Å². The maximum Gasteiger partial charge on any atom is 0.0788 e. The molecule has 1 aromatic carbocycles. The van der Waals surface area contributed by atoms with Gasteiger partial charge >= 0.3 is 0 Å². The van der Waals surface area contributed by atoms with Gasteiger partial charge in [0.15, 0.2) is 0 Å². The summed E-state index contributed by atoms with van der Waals surface area (Å²) in [5.74, 6) is 0. The summed E-state index contributed by atoms with van der Waals surface area (Å²) >= 11 is 3.55. The first kappa shape index (κ1) is 11.7. The van der Waals surface area contributed by atoms with Gasteiger partial charge in [0.1, 0.15) is 0 Å². The molecule has 4 nitrogen and oxygen atoms in total. The quantitative estimate of drug-likeness (QED) is 0.922. The molecule has 0 aliphatic carbocycles. The van der Waals surface area contributed by atoms with Gasteiger partial charge in [0, 0.05) is 30.7 Å². The van der Waals surface area contributed by atoms with Crippen LogP contribution in [-0.4, -0.2) is 36.0 Å². The Labute approximate surface area is 115 Å². The van der Waals surface area contributed by atoms with Crippen molar-refractivity contribution in [2.75, 3.05) is 31.1 Å². The molecule has 1 fully saturated rings. The van der Waals surface area contributed by atoms with Crippen molar-refractivity contribution in [3.8, 4) is 5.69 Å². The monoisotopic (exact) mass is 306 g/mol.